The minimum atomic E-state index is -0.832. The topological polar surface area (TPSA) is 127 Å². The summed E-state index contributed by atoms with van der Waals surface area (Å²) in [7, 11) is 0. The lowest BCUT2D eigenvalue weighted by atomic mass is 10.1. The smallest absolute Gasteiger partial charge is 0.274 e. The fourth-order valence-electron chi connectivity index (χ4n) is 2.94. The molecule has 0 spiro atoms. The summed E-state index contributed by atoms with van der Waals surface area (Å²) in [6.07, 6.45) is 1.34. The normalized spacial score (nSPS) is 10.6. The van der Waals surface area contributed by atoms with Gasteiger partial charge in [-0.1, -0.05) is 12.1 Å². The molecule has 0 fully saturated rings. The number of non-ortho nitro benzene ring substituents is 1. The largest absolute Gasteiger partial charge is 0.490 e. The molecule has 0 aromatic heterocycles. The molecule has 0 radical (unpaired) electrons. The lowest BCUT2D eigenvalue weighted by Gasteiger charge is -2.14. The first-order valence-corrected chi connectivity index (χ1v) is 11.0. The maximum absolute atomic E-state index is 14.0. The Hall–Kier alpha value is -4.30. The van der Waals surface area contributed by atoms with E-state index in [4.69, 9.17) is 14.7 Å². The van der Waals surface area contributed by atoms with Crippen LogP contribution in [0.3, 0.4) is 0 Å². The Balaban J connectivity index is 1.74. The molecule has 178 valence electrons. The highest BCUT2D eigenvalue weighted by atomic mass is 79.9. The number of ether oxygens (including phenoxy) is 2. The third kappa shape index (κ3) is 6.61. The molecule has 3 aromatic carbocycles. The zero-order valence-corrected chi connectivity index (χ0v) is 19.9. The van der Waals surface area contributed by atoms with Crippen molar-refractivity contribution in [2.24, 2.45) is 5.10 Å². The van der Waals surface area contributed by atoms with Crippen LogP contribution in [0.15, 0.2) is 64.2 Å². The Morgan fingerprint density at radius 3 is 2.69 bits per heavy atom. The molecular formula is C24H18BrFN4O5. The molecule has 1 amide bonds. The second-order valence-electron chi connectivity index (χ2n) is 6.97. The van der Waals surface area contributed by atoms with Gasteiger partial charge in [0.25, 0.3) is 11.6 Å². The van der Waals surface area contributed by atoms with Crippen molar-refractivity contribution in [1.29, 1.82) is 5.26 Å². The lowest BCUT2D eigenvalue weighted by molar-refractivity contribution is -0.384. The third-order valence-corrected chi connectivity index (χ3v) is 5.28. The molecule has 0 aliphatic heterocycles. The van der Waals surface area contributed by atoms with Crippen molar-refractivity contribution in [3.8, 4) is 17.6 Å². The van der Waals surface area contributed by atoms with Gasteiger partial charge in [0.15, 0.2) is 11.5 Å². The van der Waals surface area contributed by atoms with Crippen LogP contribution in [0.5, 0.6) is 11.5 Å². The SMILES string of the molecule is CCOc1cc(/C=N/NC(=O)c2ccc(C#N)cc2F)c(Br)cc1OCc1cccc([N+](=O)[O-])c1. The Morgan fingerprint density at radius 1 is 1.23 bits per heavy atom. The summed E-state index contributed by atoms with van der Waals surface area (Å²) in [4.78, 5) is 22.7. The predicted octanol–water partition coefficient (Wildman–Crippen LogP) is 5.11. The van der Waals surface area contributed by atoms with Crippen molar-refractivity contribution >= 4 is 33.7 Å². The van der Waals surface area contributed by atoms with Gasteiger partial charge in [-0.2, -0.15) is 10.4 Å². The van der Waals surface area contributed by atoms with Gasteiger partial charge in [0.05, 0.1) is 34.9 Å². The average molecular weight is 541 g/mol. The number of rotatable bonds is 9. The molecule has 0 heterocycles. The minimum absolute atomic E-state index is 0.0354. The molecule has 0 unspecified atom stereocenters. The molecule has 3 aromatic rings. The fraction of sp³-hybridized carbons (Fsp3) is 0.125. The molecular weight excluding hydrogens is 523 g/mol. The molecule has 0 saturated carbocycles. The van der Waals surface area contributed by atoms with E-state index in [2.05, 4.69) is 26.5 Å². The second-order valence-corrected chi connectivity index (χ2v) is 7.83. The van der Waals surface area contributed by atoms with Crippen LogP contribution in [0.1, 0.15) is 34.0 Å². The van der Waals surface area contributed by atoms with Crippen LogP contribution in [0.4, 0.5) is 10.1 Å². The number of nitrogens with zero attached hydrogens (tertiary/aromatic N) is 3. The van der Waals surface area contributed by atoms with Crippen molar-refractivity contribution in [3.05, 3.63) is 97.3 Å². The van der Waals surface area contributed by atoms with Gasteiger partial charge in [0, 0.05) is 22.2 Å². The number of hydrogen-bond acceptors (Lipinski definition) is 7. The molecule has 11 heteroatoms. The molecule has 3 rings (SSSR count). The van der Waals surface area contributed by atoms with Crippen LogP contribution in [0.2, 0.25) is 0 Å². The van der Waals surface area contributed by atoms with Gasteiger partial charge in [-0.05, 0) is 58.7 Å². The van der Waals surface area contributed by atoms with Crippen LogP contribution >= 0.6 is 15.9 Å². The number of nitrogens with one attached hydrogen (secondary N) is 1. The molecule has 0 atom stereocenters. The number of hydrazone groups is 1. The van der Waals surface area contributed by atoms with E-state index in [0.29, 0.717) is 33.7 Å². The molecule has 0 saturated heterocycles. The van der Waals surface area contributed by atoms with Crippen molar-refractivity contribution in [2.75, 3.05) is 6.61 Å². The van der Waals surface area contributed by atoms with Crippen molar-refractivity contribution in [2.45, 2.75) is 13.5 Å². The predicted molar refractivity (Wildman–Crippen MR) is 129 cm³/mol. The first-order valence-electron chi connectivity index (χ1n) is 10.2. The molecule has 0 bridgehead atoms. The molecule has 0 aliphatic rings. The van der Waals surface area contributed by atoms with Gasteiger partial charge in [-0.3, -0.25) is 14.9 Å². The summed E-state index contributed by atoms with van der Waals surface area (Å²) in [6.45, 7) is 2.22. The highest BCUT2D eigenvalue weighted by Crippen LogP contribution is 2.34. The summed E-state index contributed by atoms with van der Waals surface area (Å²) < 4.78 is 26.0. The van der Waals surface area contributed by atoms with Crippen LogP contribution < -0.4 is 14.9 Å². The summed E-state index contributed by atoms with van der Waals surface area (Å²) in [5.74, 6) is -0.818. The van der Waals surface area contributed by atoms with E-state index >= 15 is 0 Å². The fourth-order valence-corrected chi connectivity index (χ4v) is 3.37. The highest BCUT2D eigenvalue weighted by Gasteiger charge is 2.14. The number of benzene rings is 3. The van der Waals surface area contributed by atoms with Crippen LogP contribution in [-0.4, -0.2) is 23.7 Å². The molecule has 9 nitrogen and oxygen atoms in total. The molecule has 1 N–H and O–H groups in total. The van der Waals surface area contributed by atoms with E-state index in [0.717, 1.165) is 6.07 Å². The number of nitro groups is 1. The Morgan fingerprint density at radius 2 is 2.00 bits per heavy atom. The third-order valence-electron chi connectivity index (χ3n) is 4.59. The number of carbonyl (C=O) groups is 1. The number of halogens is 2. The maximum atomic E-state index is 14.0. The monoisotopic (exact) mass is 540 g/mol. The lowest BCUT2D eigenvalue weighted by Crippen LogP contribution is -2.19. The zero-order chi connectivity index (χ0) is 25.4. The highest BCUT2D eigenvalue weighted by molar-refractivity contribution is 9.10. The second kappa shape index (κ2) is 11.7. The van der Waals surface area contributed by atoms with Gasteiger partial charge in [-0.15, -0.1) is 0 Å². The summed E-state index contributed by atoms with van der Waals surface area (Å²) >= 11 is 3.41. The number of nitro benzene ring substituents is 1. The van der Waals surface area contributed by atoms with Gasteiger partial charge in [0.1, 0.15) is 12.4 Å². The quantitative estimate of drug-likeness (QED) is 0.228. The van der Waals surface area contributed by atoms with E-state index in [1.807, 2.05) is 0 Å². The van der Waals surface area contributed by atoms with Crippen LogP contribution in [0, 0.1) is 27.3 Å². The van der Waals surface area contributed by atoms with E-state index in [1.165, 1.54) is 30.5 Å². The van der Waals surface area contributed by atoms with Crippen molar-refractivity contribution in [1.82, 2.24) is 5.43 Å². The van der Waals surface area contributed by atoms with Crippen molar-refractivity contribution in [3.63, 3.8) is 0 Å². The summed E-state index contributed by atoms with van der Waals surface area (Å²) in [6, 6.07) is 14.7. The van der Waals surface area contributed by atoms with E-state index in [-0.39, 0.29) is 23.4 Å². The Labute approximate surface area is 208 Å². The Kier molecular flexibility index (Phi) is 8.48. The molecule has 0 aliphatic carbocycles. The number of amides is 1. The van der Waals surface area contributed by atoms with Gasteiger partial charge in [0.2, 0.25) is 0 Å². The van der Waals surface area contributed by atoms with Crippen LogP contribution in [0.25, 0.3) is 0 Å². The van der Waals surface area contributed by atoms with Gasteiger partial charge in [-0.25, -0.2) is 9.82 Å². The number of hydrogen-bond donors (Lipinski definition) is 1. The Bertz CT molecular complexity index is 1340. The number of nitriles is 1. The minimum Gasteiger partial charge on any atom is -0.490 e. The molecule has 35 heavy (non-hydrogen) atoms. The van der Waals surface area contributed by atoms with Gasteiger partial charge < -0.3 is 9.47 Å². The summed E-state index contributed by atoms with van der Waals surface area (Å²) in [5.41, 5.74) is 3.21. The maximum Gasteiger partial charge on any atom is 0.274 e. The van der Waals surface area contributed by atoms with E-state index in [1.54, 1.807) is 37.3 Å². The average Bonchev–Trinajstić information content (AvgIpc) is 2.84. The first kappa shape index (κ1) is 25.3. The first-order chi connectivity index (χ1) is 16.8. The van der Waals surface area contributed by atoms with Gasteiger partial charge >= 0.3 is 0 Å². The van der Waals surface area contributed by atoms with E-state index < -0.39 is 16.6 Å². The summed E-state index contributed by atoms with van der Waals surface area (Å²) in [5, 5.41) is 23.6. The standard InChI is InChI=1S/C24H18BrFN4O5/c1-2-34-22-10-17(13-28-29-24(31)19-7-6-15(12-27)9-21(19)26)20(25)11-23(22)35-14-16-4-3-5-18(8-16)30(32)33/h3-11,13H,2,14H2,1H3,(H,29,31)/b28-13+. The van der Waals surface area contributed by atoms with Crippen LogP contribution in [-0.2, 0) is 6.61 Å². The van der Waals surface area contributed by atoms with Crippen molar-refractivity contribution < 1.29 is 23.6 Å². The number of carbonyl (C=O) groups excluding carboxylic acids is 1. The zero-order valence-electron chi connectivity index (χ0n) is 18.3. The van der Waals surface area contributed by atoms with E-state index in [9.17, 15) is 19.3 Å².